The minimum absolute atomic E-state index is 0.221. The van der Waals surface area contributed by atoms with E-state index in [1.165, 1.54) is 0 Å². The molecule has 1 aromatic heterocycles. The van der Waals surface area contributed by atoms with E-state index in [4.69, 9.17) is 9.72 Å². The van der Waals surface area contributed by atoms with Crippen LogP contribution in [0.3, 0.4) is 0 Å². The molecule has 2 atom stereocenters. The van der Waals surface area contributed by atoms with E-state index in [0.717, 1.165) is 16.0 Å². The molecule has 39 heavy (non-hydrogen) atoms. The number of rotatable bonds is 9. The molecule has 0 bridgehead atoms. The van der Waals surface area contributed by atoms with Crippen LogP contribution in [0.2, 0.25) is 0 Å². The number of anilines is 1. The van der Waals surface area contributed by atoms with Gasteiger partial charge in [-0.15, -0.1) is 0 Å². The maximum absolute atomic E-state index is 13.0. The number of hydrogen-bond acceptors (Lipinski definition) is 5. The second kappa shape index (κ2) is 13.3. The molecule has 206 valence electrons. The number of alkyl carbamates (subject to hydrolysis) is 1. The standard InChI is InChI=1S/C30H37N4O4P/c1-20(2)26(34-29(37)38-30(4,5)6)28(36)31-21(3)27(35)33-24-18-13-19-25(32-24)39(22-14-9-7-10-15-22)23-16-11-8-12-17-23/h7-21,26H,1-6H3,(H,31,36)(H,34,37)(H,32,33,35)/t21-,26-/m0/s1. The number of aromatic nitrogens is 1. The SMILES string of the molecule is CC(C)[C@H](NC(=O)OC(C)(C)C)C(=O)N[C@@H](C)C(=O)Nc1cccc(P(c2ccccc2)c2ccccc2)n1. The fraction of sp³-hybridized carbons (Fsp3) is 0.333. The molecule has 0 aliphatic rings. The summed E-state index contributed by atoms with van der Waals surface area (Å²) in [5.41, 5.74) is 0.149. The lowest BCUT2D eigenvalue weighted by molar-refractivity contribution is -0.128. The van der Waals surface area contributed by atoms with Crippen LogP contribution in [0.15, 0.2) is 78.9 Å². The summed E-state index contributed by atoms with van der Waals surface area (Å²) in [7, 11) is -0.935. The molecular formula is C30H37N4O4P. The molecule has 3 amide bonds. The summed E-state index contributed by atoms with van der Waals surface area (Å²) in [5, 5.41) is 10.4. The zero-order chi connectivity index (χ0) is 28.6. The van der Waals surface area contributed by atoms with Gasteiger partial charge in [0.25, 0.3) is 0 Å². The lowest BCUT2D eigenvalue weighted by Gasteiger charge is -2.26. The molecule has 0 spiro atoms. The molecule has 3 aromatic rings. The van der Waals surface area contributed by atoms with E-state index in [9.17, 15) is 14.4 Å². The highest BCUT2D eigenvalue weighted by molar-refractivity contribution is 7.79. The third kappa shape index (κ3) is 8.89. The van der Waals surface area contributed by atoms with Crippen molar-refractivity contribution >= 4 is 47.7 Å². The van der Waals surface area contributed by atoms with E-state index in [1.54, 1.807) is 47.6 Å². The second-order valence-corrected chi connectivity index (χ2v) is 12.6. The fourth-order valence-electron chi connectivity index (χ4n) is 3.76. The van der Waals surface area contributed by atoms with Crippen LogP contribution in [0.1, 0.15) is 41.5 Å². The van der Waals surface area contributed by atoms with Gasteiger partial charge in [0.05, 0.1) is 5.44 Å². The average Bonchev–Trinajstić information content (AvgIpc) is 2.87. The molecule has 8 nitrogen and oxygen atoms in total. The third-order valence-corrected chi connectivity index (χ3v) is 7.95. The number of hydrogen-bond donors (Lipinski definition) is 3. The number of amides is 3. The van der Waals surface area contributed by atoms with Crippen LogP contribution in [0, 0.1) is 5.92 Å². The summed E-state index contributed by atoms with van der Waals surface area (Å²) in [6.07, 6.45) is -0.692. The largest absolute Gasteiger partial charge is 0.444 e. The van der Waals surface area contributed by atoms with Gasteiger partial charge in [0.15, 0.2) is 0 Å². The first-order valence-electron chi connectivity index (χ1n) is 12.9. The molecule has 0 saturated carbocycles. The highest BCUT2D eigenvalue weighted by atomic mass is 31.1. The number of nitrogens with zero attached hydrogens (tertiary/aromatic N) is 1. The fourth-order valence-corrected chi connectivity index (χ4v) is 5.97. The Hall–Kier alpha value is -3.77. The van der Waals surface area contributed by atoms with E-state index in [2.05, 4.69) is 40.2 Å². The zero-order valence-corrected chi connectivity index (χ0v) is 24.2. The van der Waals surface area contributed by atoms with Crippen molar-refractivity contribution in [1.82, 2.24) is 15.6 Å². The van der Waals surface area contributed by atoms with Gasteiger partial charge in [0.2, 0.25) is 11.8 Å². The van der Waals surface area contributed by atoms with Crippen molar-refractivity contribution < 1.29 is 19.1 Å². The van der Waals surface area contributed by atoms with Gasteiger partial charge < -0.3 is 20.7 Å². The molecule has 0 aliphatic heterocycles. The molecule has 0 radical (unpaired) electrons. The molecule has 9 heteroatoms. The molecule has 0 unspecified atom stereocenters. The summed E-state index contributed by atoms with van der Waals surface area (Å²) in [4.78, 5) is 42.9. The minimum atomic E-state index is -0.935. The lowest BCUT2D eigenvalue weighted by Crippen LogP contribution is -2.54. The first-order valence-corrected chi connectivity index (χ1v) is 14.3. The van der Waals surface area contributed by atoms with E-state index >= 15 is 0 Å². The Morgan fingerprint density at radius 3 is 1.85 bits per heavy atom. The smallest absolute Gasteiger partial charge is 0.408 e. The molecule has 0 fully saturated rings. The van der Waals surface area contributed by atoms with E-state index in [-0.39, 0.29) is 5.92 Å². The van der Waals surface area contributed by atoms with Crippen LogP contribution in [0.5, 0.6) is 0 Å². The number of carbonyl (C=O) groups excluding carboxylic acids is 3. The molecule has 1 heterocycles. The first kappa shape index (κ1) is 29.8. The highest BCUT2D eigenvalue weighted by Gasteiger charge is 2.29. The van der Waals surface area contributed by atoms with Crippen molar-refractivity contribution in [3.05, 3.63) is 78.9 Å². The van der Waals surface area contributed by atoms with Crippen molar-refractivity contribution in [1.29, 1.82) is 0 Å². The Bertz CT molecular complexity index is 1220. The van der Waals surface area contributed by atoms with Crippen LogP contribution >= 0.6 is 7.92 Å². The van der Waals surface area contributed by atoms with Gasteiger partial charge >= 0.3 is 6.09 Å². The average molecular weight is 549 g/mol. The number of ether oxygens (including phenoxy) is 1. The van der Waals surface area contributed by atoms with Crippen molar-refractivity contribution in [3.63, 3.8) is 0 Å². The van der Waals surface area contributed by atoms with Crippen LogP contribution in [-0.2, 0) is 14.3 Å². The van der Waals surface area contributed by atoms with Crippen LogP contribution < -0.4 is 32.0 Å². The quantitative estimate of drug-likeness (QED) is 0.352. The number of pyridine rings is 1. The van der Waals surface area contributed by atoms with E-state index in [1.807, 2.05) is 48.5 Å². The Balaban J connectivity index is 1.72. The summed E-state index contributed by atoms with van der Waals surface area (Å²) in [6.45, 7) is 10.4. The van der Waals surface area contributed by atoms with Crippen LogP contribution in [0.4, 0.5) is 10.6 Å². The van der Waals surface area contributed by atoms with Gasteiger partial charge in [0.1, 0.15) is 23.5 Å². The highest BCUT2D eigenvalue weighted by Crippen LogP contribution is 2.32. The molecule has 3 rings (SSSR count). The predicted octanol–water partition coefficient (Wildman–Crippen LogP) is 3.83. The Kier molecular flexibility index (Phi) is 10.2. The number of benzene rings is 2. The van der Waals surface area contributed by atoms with Gasteiger partial charge in [-0.1, -0.05) is 80.6 Å². The minimum Gasteiger partial charge on any atom is -0.444 e. The Morgan fingerprint density at radius 2 is 1.33 bits per heavy atom. The summed E-state index contributed by atoms with van der Waals surface area (Å²) < 4.78 is 5.28. The predicted molar refractivity (Wildman–Crippen MR) is 157 cm³/mol. The van der Waals surface area contributed by atoms with Crippen molar-refractivity contribution in [3.8, 4) is 0 Å². The molecule has 2 aromatic carbocycles. The van der Waals surface area contributed by atoms with Gasteiger partial charge in [-0.05, 0) is 56.4 Å². The Morgan fingerprint density at radius 1 is 0.769 bits per heavy atom. The molecule has 3 N–H and O–H groups in total. The topological polar surface area (TPSA) is 109 Å². The monoisotopic (exact) mass is 548 g/mol. The number of carbonyl (C=O) groups is 3. The number of nitrogens with one attached hydrogen (secondary N) is 3. The molecular weight excluding hydrogens is 511 g/mol. The van der Waals surface area contributed by atoms with Gasteiger partial charge in [-0.25, -0.2) is 9.78 Å². The van der Waals surface area contributed by atoms with Crippen LogP contribution in [-0.4, -0.2) is 40.6 Å². The lowest BCUT2D eigenvalue weighted by atomic mass is 10.0. The molecule has 0 saturated heterocycles. The first-order chi connectivity index (χ1) is 18.4. The van der Waals surface area contributed by atoms with Gasteiger partial charge in [-0.3, -0.25) is 9.59 Å². The zero-order valence-electron chi connectivity index (χ0n) is 23.3. The second-order valence-electron chi connectivity index (χ2n) is 10.5. The summed E-state index contributed by atoms with van der Waals surface area (Å²) in [6, 6.07) is 24.1. The van der Waals surface area contributed by atoms with Crippen molar-refractivity contribution in [2.24, 2.45) is 5.92 Å². The summed E-state index contributed by atoms with van der Waals surface area (Å²) >= 11 is 0. The van der Waals surface area contributed by atoms with Gasteiger partial charge in [0, 0.05) is 7.92 Å². The normalized spacial score (nSPS) is 12.9. The van der Waals surface area contributed by atoms with E-state index < -0.39 is 43.5 Å². The van der Waals surface area contributed by atoms with Crippen LogP contribution in [0.25, 0.3) is 0 Å². The third-order valence-electron chi connectivity index (χ3n) is 5.62. The van der Waals surface area contributed by atoms with Crippen molar-refractivity contribution in [2.45, 2.75) is 59.2 Å². The summed E-state index contributed by atoms with van der Waals surface area (Å²) in [5.74, 6) is -0.722. The molecule has 0 aliphatic carbocycles. The maximum atomic E-state index is 13.0. The Labute approximate surface area is 231 Å². The maximum Gasteiger partial charge on any atom is 0.408 e. The van der Waals surface area contributed by atoms with Gasteiger partial charge in [-0.2, -0.15) is 0 Å². The van der Waals surface area contributed by atoms with Crippen molar-refractivity contribution in [2.75, 3.05) is 5.32 Å². The van der Waals surface area contributed by atoms with E-state index in [0.29, 0.717) is 5.82 Å².